The Kier molecular flexibility index (Phi) is 3.14. The van der Waals surface area contributed by atoms with Crippen LogP contribution in [0.5, 0.6) is 0 Å². The molecular weight excluding hydrogens is 234 g/mol. The minimum atomic E-state index is -1.05. The summed E-state index contributed by atoms with van der Waals surface area (Å²) in [6.45, 7) is 3.58. The van der Waals surface area contributed by atoms with Crippen molar-refractivity contribution in [1.29, 1.82) is 0 Å². The number of carboxylic acids is 1. The van der Waals surface area contributed by atoms with Crippen molar-refractivity contribution in [2.75, 3.05) is 5.32 Å². The van der Waals surface area contributed by atoms with Gasteiger partial charge in [-0.25, -0.2) is 19.7 Å². The van der Waals surface area contributed by atoms with Crippen molar-refractivity contribution in [2.45, 2.75) is 32.2 Å². The molecule has 0 aliphatic heterocycles. The molecule has 2 aromatic heterocycles. The average Bonchev–Trinajstić information content (AvgIpc) is 2.78. The number of nitrogens with zero attached hydrogens (tertiary/aromatic N) is 3. The molecule has 0 aromatic carbocycles. The quantitative estimate of drug-likeness (QED) is 0.740. The molecule has 2 rings (SSSR count). The number of anilines is 1. The van der Waals surface area contributed by atoms with Gasteiger partial charge in [0.1, 0.15) is 17.4 Å². The van der Waals surface area contributed by atoms with E-state index in [0.29, 0.717) is 23.4 Å². The van der Waals surface area contributed by atoms with Gasteiger partial charge in [-0.15, -0.1) is 0 Å². The smallest absolute Gasteiger partial charge is 0.329 e. The summed E-state index contributed by atoms with van der Waals surface area (Å²) in [5, 5.41) is 12.3. The highest BCUT2D eigenvalue weighted by Gasteiger charge is 2.33. The standard InChI is InChI=1S/C11H15N5O2/c1-3-4-11(2,10(17)18)16-9-7-8(13-5-12-7)14-6-15-9/h5-6H,3-4H2,1-2H3,(H,17,18)(H2,12,13,14,15,16). The highest BCUT2D eigenvalue weighted by atomic mass is 16.4. The number of carboxylic acid groups (broad SMARTS) is 1. The highest BCUT2D eigenvalue weighted by molar-refractivity contribution is 5.87. The SMILES string of the molecule is CCCC(C)(Nc1ncnc2nc[nH]c12)C(=O)O. The second-order valence-electron chi connectivity index (χ2n) is 4.34. The van der Waals surface area contributed by atoms with E-state index in [-0.39, 0.29) is 0 Å². The van der Waals surface area contributed by atoms with E-state index in [1.54, 1.807) is 6.92 Å². The number of aromatic nitrogens is 4. The van der Waals surface area contributed by atoms with Crippen LogP contribution in [0.1, 0.15) is 26.7 Å². The number of rotatable bonds is 5. The molecule has 7 heteroatoms. The summed E-state index contributed by atoms with van der Waals surface area (Å²) in [7, 11) is 0. The lowest BCUT2D eigenvalue weighted by molar-refractivity contribution is -0.142. The van der Waals surface area contributed by atoms with Crippen LogP contribution in [-0.4, -0.2) is 36.6 Å². The number of aromatic amines is 1. The second kappa shape index (κ2) is 4.59. The first kappa shape index (κ1) is 12.3. The topological polar surface area (TPSA) is 104 Å². The number of fused-ring (bicyclic) bond motifs is 1. The molecule has 96 valence electrons. The number of hydrogen-bond acceptors (Lipinski definition) is 5. The van der Waals surface area contributed by atoms with Gasteiger partial charge in [0.25, 0.3) is 0 Å². The van der Waals surface area contributed by atoms with Gasteiger partial charge in [-0.05, 0) is 13.3 Å². The maximum Gasteiger partial charge on any atom is 0.329 e. The first-order valence-electron chi connectivity index (χ1n) is 5.72. The van der Waals surface area contributed by atoms with Crippen molar-refractivity contribution in [3.63, 3.8) is 0 Å². The van der Waals surface area contributed by atoms with Gasteiger partial charge >= 0.3 is 5.97 Å². The lowest BCUT2D eigenvalue weighted by Crippen LogP contribution is -2.43. The normalized spacial score (nSPS) is 14.3. The van der Waals surface area contributed by atoms with Crippen molar-refractivity contribution in [3.8, 4) is 0 Å². The summed E-state index contributed by atoms with van der Waals surface area (Å²) in [4.78, 5) is 26.3. The van der Waals surface area contributed by atoms with E-state index in [1.165, 1.54) is 12.7 Å². The van der Waals surface area contributed by atoms with Gasteiger partial charge < -0.3 is 15.4 Å². The molecule has 3 N–H and O–H groups in total. The second-order valence-corrected chi connectivity index (χ2v) is 4.34. The van der Waals surface area contributed by atoms with Gasteiger partial charge in [-0.1, -0.05) is 13.3 Å². The monoisotopic (exact) mass is 249 g/mol. The van der Waals surface area contributed by atoms with Crippen LogP contribution >= 0.6 is 0 Å². The molecule has 18 heavy (non-hydrogen) atoms. The molecule has 7 nitrogen and oxygen atoms in total. The molecule has 0 aliphatic carbocycles. The average molecular weight is 249 g/mol. The summed E-state index contributed by atoms with van der Waals surface area (Å²) in [5.41, 5.74) is 0.0686. The molecular formula is C11H15N5O2. The molecule has 0 aliphatic rings. The Labute approximate surface area is 104 Å². The Hall–Kier alpha value is -2.18. The Bertz CT molecular complexity index is 567. The van der Waals surface area contributed by atoms with Crippen molar-refractivity contribution in [3.05, 3.63) is 12.7 Å². The van der Waals surface area contributed by atoms with E-state index < -0.39 is 11.5 Å². The van der Waals surface area contributed by atoms with Crippen molar-refractivity contribution >= 4 is 23.0 Å². The van der Waals surface area contributed by atoms with Crippen LogP contribution in [0.15, 0.2) is 12.7 Å². The largest absolute Gasteiger partial charge is 0.480 e. The molecule has 1 atom stereocenters. The summed E-state index contributed by atoms with van der Waals surface area (Å²) in [6, 6.07) is 0. The molecule has 2 heterocycles. The number of hydrogen-bond donors (Lipinski definition) is 3. The van der Waals surface area contributed by atoms with Crippen LogP contribution in [0.3, 0.4) is 0 Å². The van der Waals surface area contributed by atoms with Crippen LogP contribution in [0.4, 0.5) is 5.82 Å². The summed E-state index contributed by atoms with van der Waals surface area (Å²) in [6.07, 6.45) is 4.12. The van der Waals surface area contributed by atoms with E-state index in [1.807, 2.05) is 6.92 Å². The number of H-pyrrole nitrogens is 1. The summed E-state index contributed by atoms with van der Waals surface area (Å²) in [5.74, 6) is -0.452. The molecule has 0 spiro atoms. The van der Waals surface area contributed by atoms with Crippen LogP contribution < -0.4 is 5.32 Å². The minimum Gasteiger partial charge on any atom is -0.480 e. The van der Waals surface area contributed by atoms with Gasteiger partial charge in [0.2, 0.25) is 0 Å². The third-order valence-electron chi connectivity index (χ3n) is 2.84. The Balaban J connectivity index is 2.37. The van der Waals surface area contributed by atoms with Crippen LogP contribution in [0.2, 0.25) is 0 Å². The fourth-order valence-electron chi connectivity index (χ4n) is 1.84. The van der Waals surface area contributed by atoms with E-state index in [9.17, 15) is 9.90 Å². The number of carbonyl (C=O) groups is 1. The van der Waals surface area contributed by atoms with Crippen LogP contribution in [0.25, 0.3) is 11.2 Å². The van der Waals surface area contributed by atoms with Gasteiger partial charge in [0.15, 0.2) is 11.5 Å². The van der Waals surface area contributed by atoms with E-state index >= 15 is 0 Å². The molecule has 0 bridgehead atoms. The predicted molar refractivity (Wildman–Crippen MR) is 66.3 cm³/mol. The van der Waals surface area contributed by atoms with E-state index in [2.05, 4.69) is 25.3 Å². The lowest BCUT2D eigenvalue weighted by Gasteiger charge is -2.26. The summed E-state index contributed by atoms with van der Waals surface area (Å²) < 4.78 is 0. The van der Waals surface area contributed by atoms with Crippen molar-refractivity contribution < 1.29 is 9.90 Å². The third kappa shape index (κ3) is 2.11. The van der Waals surface area contributed by atoms with Gasteiger partial charge in [-0.3, -0.25) is 0 Å². The first-order chi connectivity index (χ1) is 8.57. The van der Waals surface area contributed by atoms with E-state index in [4.69, 9.17) is 0 Å². The first-order valence-corrected chi connectivity index (χ1v) is 5.72. The number of nitrogens with one attached hydrogen (secondary N) is 2. The Morgan fingerprint density at radius 1 is 1.50 bits per heavy atom. The van der Waals surface area contributed by atoms with Crippen molar-refractivity contribution in [2.24, 2.45) is 0 Å². The fourth-order valence-corrected chi connectivity index (χ4v) is 1.84. The van der Waals surface area contributed by atoms with Gasteiger partial charge in [-0.2, -0.15) is 0 Å². The molecule has 0 saturated heterocycles. The zero-order valence-electron chi connectivity index (χ0n) is 10.3. The van der Waals surface area contributed by atoms with E-state index in [0.717, 1.165) is 6.42 Å². The minimum absolute atomic E-state index is 0.454. The van der Waals surface area contributed by atoms with Gasteiger partial charge in [0, 0.05) is 0 Å². The zero-order chi connectivity index (χ0) is 13.2. The number of aliphatic carboxylic acids is 1. The molecule has 1 unspecified atom stereocenters. The Morgan fingerprint density at radius 2 is 2.28 bits per heavy atom. The molecule has 0 fully saturated rings. The maximum atomic E-state index is 11.4. The fraction of sp³-hybridized carbons (Fsp3) is 0.455. The van der Waals surface area contributed by atoms with Crippen molar-refractivity contribution in [1.82, 2.24) is 19.9 Å². The molecule has 0 radical (unpaired) electrons. The third-order valence-corrected chi connectivity index (χ3v) is 2.84. The predicted octanol–water partition coefficient (Wildman–Crippen LogP) is 1.41. The lowest BCUT2D eigenvalue weighted by atomic mass is 9.96. The Morgan fingerprint density at radius 3 is 2.94 bits per heavy atom. The molecule has 0 saturated carbocycles. The summed E-state index contributed by atoms with van der Waals surface area (Å²) >= 11 is 0. The van der Waals surface area contributed by atoms with Crippen LogP contribution in [0, 0.1) is 0 Å². The highest BCUT2D eigenvalue weighted by Crippen LogP contribution is 2.22. The number of imidazole rings is 1. The van der Waals surface area contributed by atoms with Crippen LogP contribution in [-0.2, 0) is 4.79 Å². The van der Waals surface area contributed by atoms with Gasteiger partial charge in [0.05, 0.1) is 6.33 Å². The maximum absolute atomic E-state index is 11.4. The molecule has 2 aromatic rings. The molecule has 0 amide bonds. The zero-order valence-corrected chi connectivity index (χ0v) is 10.3.